The van der Waals surface area contributed by atoms with Crippen LogP contribution in [0.25, 0.3) is 0 Å². The fraction of sp³-hybridized carbons (Fsp3) is 0.450. The predicted molar refractivity (Wildman–Crippen MR) is 106 cm³/mol. The molecule has 1 saturated heterocycles. The van der Waals surface area contributed by atoms with Crippen molar-refractivity contribution in [1.82, 2.24) is 4.90 Å². The molecule has 1 aliphatic rings. The van der Waals surface area contributed by atoms with Crippen LogP contribution in [0.5, 0.6) is 5.75 Å². The van der Waals surface area contributed by atoms with Gasteiger partial charge < -0.3 is 19.1 Å². The molecule has 1 aromatic rings. The SMILES string of the molecule is CCOC(=O)/C=C1\SCC(=O)N1CCOC(=O)COc1ccccc1C(C)C. The smallest absolute Gasteiger partial charge is 0.344 e. The van der Waals surface area contributed by atoms with E-state index in [2.05, 4.69) is 0 Å². The number of para-hydroxylation sites is 1. The molecule has 0 aliphatic carbocycles. The van der Waals surface area contributed by atoms with E-state index in [4.69, 9.17) is 14.2 Å². The van der Waals surface area contributed by atoms with Crippen molar-refractivity contribution in [1.29, 1.82) is 0 Å². The molecule has 0 unspecified atom stereocenters. The first-order chi connectivity index (χ1) is 13.4. The maximum atomic E-state index is 12.0. The average molecular weight is 407 g/mol. The summed E-state index contributed by atoms with van der Waals surface area (Å²) in [5, 5.41) is 0.501. The van der Waals surface area contributed by atoms with Crippen molar-refractivity contribution in [3.05, 3.63) is 40.9 Å². The number of hydrogen-bond acceptors (Lipinski definition) is 7. The number of amides is 1. The molecule has 7 nitrogen and oxygen atoms in total. The zero-order valence-electron chi connectivity index (χ0n) is 16.3. The normalized spacial score (nSPS) is 15.2. The van der Waals surface area contributed by atoms with Crippen LogP contribution < -0.4 is 4.74 Å². The Balaban J connectivity index is 1.81. The molecule has 1 fully saturated rings. The maximum absolute atomic E-state index is 12.0. The van der Waals surface area contributed by atoms with Crippen LogP contribution in [0, 0.1) is 0 Å². The van der Waals surface area contributed by atoms with Crippen LogP contribution in [0.3, 0.4) is 0 Å². The van der Waals surface area contributed by atoms with Crippen molar-refractivity contribution in [2.24, 2.45) is 0 Å². The van der Waals surface area contributed by atoms with E-state index in [1.54, 1.807) is 6.92 Å². The van der Waals surface area contributed by atoms with E-state index in [0.29, 0.717) is 10.8 Å². The third-order valence-corrected chi connectivity index (χ3v) is 4.93. The highest BCUT2D eigenvalue weighted by atomic mass is 32.2. The Morgan fingerprint density at radius 2 is 2.00 bits per heavy atom. The summed E-state index contributed by atoms with van der Waals surface area (Å²) in [6.07, 6.45) is 1.28. The molecular formula is C20H25NO6S. The topological polar surface area (TPSA) is 82.1 Å². The zero-order valence-corrected chi connectivity index (χ0v) is 17.1. The summed E-state index contributed by atoms with van der Waals surface area (Å²) in [5.41, 5.74) is 1.02. The molecule has 28 heavy (non-hydrogen) atoms. The lowest BCUT2D eigenvalue weighted by Crippen LogP contribution is -2.30. The summed E-state index contributed by atoms with van der Waals surface area (Å²) < 4.78 is 15.6. The number of thioether (sulfide) groups is 1. The van der Waals surface area contributed by atoms with Gasteiger partial charge in [-0.15, -0.1) is 0 Å². The molecule has 0 N–H and O–H groups in total. The molecular weight excluding hydrogens is 382 g/mol. The molecule has 2 rings (SSSR count). The average Bonchev–Trinajstić information content (AvgIpc) is 3.00. The number of ether oxygens (including phenoxy) is 3. The van der Waals surface area contributed by atoms with Gasteiger partial charge in [-0.3, -0.25) is 4.79 Å². The van der Waals surface area contributed by atoms with Gasteiger partial charge in [0, 0.05) is 0 Å². The van der Waals surface area contributed by atoms with E-state index >= 15 is 0 Å². The Morgan fingerprint density at radius 1 is 1.25 bits per heavy atom. The minimum atomic E-state index is -0.520. The highest BCUT2D eigenvalue weighted by Gasteiger charge is 2.27. The monoisotopic (exact) mass is 407 g/mol. The van der Waals surface area contributed by atoms with Gasteiger partial charge in [0.1, 0.15) is 12.4 Å². The van der Waals surface area contributed by atoms with E-state index in [1.165, 1.54) is 22.7 Å². The van der Waals surface area contributed by atoms with Crippen molar-refractivity contribution >= 4 is 29.6 Å². The Hall–Kier alpha value is -2.48. The van der Waals surface area contributed by atoms with Gasteiger partial charge >= 0.3 is 11.9 Å². The number of rotatable bonds is 9. The second kappa shape index (κ2) is 10.8. The first kappa shape index (κ1) is 21.8. The van der Waals surface area contributed by atoms with E-state index in [0.717, 1.165) is 5.56 Å². The molecule has 0 saturated carbocycles. The molecule has 0 radical (unpaired) electrons. The van der Waals surface area contributed by atoms with Crippen LogP contribution in [0.15, 0.2) is 35.4 Å². The first-order valence-electron chi connectivity index (χ1n) is 9.11. The third kappa shape index (κ3) is 6.30. The third-order valence-electron chi connectivity index (χ3n) is 3.90. The Kier molecular flexibility index (Phi) is 8.38. The quantitative estimate of drug-likeness (QED) is 0.460. The predicted octanol–water partition coefficient (Wildman–Crippen LogP) is 2.71. The summed E-state index contributed by atoms with van der Waals surface area (Å²) in [6.45, 7) is 6.05. The molecule has 0 atom stereocenters. The number of nitrogens with zero attached hydrogens (tertiary/aromatic N) is 1. The number of esters is 2. The van der Waals surface area contributed by atoms with Gasteiger partial charge in [0.2, 0.25) is 5.91 Å². The molecule has 1 aliphatic heterocycles. The molecule has 0 aromatic heterocycles. The zero-order chi connectivity index (χ0) is 20.5. The van der Waals surface area contributed by atoms with Crippen LogP contribution in [-0.2, 0) is 23.9 Å². The van der Waals surface area contributed by atoms with Crippen molar-refractivity contribution in [3.63, 3.8) is 0 Å². The second-order valence-corrected chi connectivity index (χ2v) is 7.27. The lowest BCUT2D eigenvalue weighted by atomic mass is 10.0. The highest BCUT2D eigenvalue weighted by Crippen LogP contribution is 2.28. The summed E-state index contributed by atoms with van der Waals surface area (Å²) in [6, 6.07) is 7.54. The van der Waals surface area contributed by atoms with E-state index in [1.807, 2.05) is 38.1 Å². The van der Waals surface area contributed by atoms with Gasteiger partial charge in [0.05, 0.1) is 30.0 Å². The Morgan fingerprint density at radius 3 is 2.71 bits per heavy atom. The fourth-order valence-electron chi connectivity index (χ4n) is 2.57. The summed E-state index contributed by atoms with van der Waals surface area (Å²) in [4.78, 5) is 36.9. The maximum Gasteiger partial charge on any atom is 0.344 e. The van der Waals surface area contributed by atoms with Gasteiger partial charge in [0.25, 0.3) is 0 Å². The molecule has 8 heteroatoms. The molecule has 1 heterocycles. The van der Waals surface area contributed by atoms with Crippen molar-refractivity contribution in [2.45, 2.75) is 26.7 Å². The Labute approximate surface area is 169 Å². The summed E-state index contributed by atoms with van der Waals surface area (Å²) >= 11 is 1.25. The fourth-order valence-corrected chi connectivity index (χ4v) is 3.53. The Bertz CT molecular complexity index is 746. The van der Waals surface area contributed by atoms with Crippen LogP contribution in [0.2, 0.25) is 0 Å². The molecule has 0 bridgehead atoms. The first-order valence-corrected chi connectivity index (χ1v) is 10.1. The lowest BCUT2D eigenvalue weighted by molar-refractivity contribution is -0.147. The highest BCUT2D eigenvalue weighted by molar-refractivity contribution is 8.04. The van der Waals surface area contributed by atoms with Crippen LogP contribution in [-0.4, -0.2) is 54.9 Å². The van der Waals surface area contributed by atoms with Gasteiger partial charge in [-0.25, -0.2) is 9.59 Å². The minimum absolute atomic E-state index is 0.0144. The molecule has 1 amide bonds. The van der Waals surface area contributed by atoms with Crippen molar-refractivity contribution < 1.29 is 28.6 Å². The summed E-state index contributed by atoms with van der Waals surface area (Å²) in [7, 11) is 0. The van der Waals surface area contributed by atoms with Crippen LogP contribution in [0.4, 0.5) is 0 Å². The van der Waals surface area contributed by atoms with Crippen LogP contribution >= 0.6 is 11.8 Å². The largest absolute Gasteiger partial charge is 0.482 e. The number of carbonyl (C=O) groups is 3. The lowest BCUT2D eigenvalue weighted by Gasteiger charge is -2.17. The van der Waals surface area contributed by atoms with Crippen molar-refractivity contribution in [3.8, 4) is 5.75 Å². The second-order valence-electron chi connectivity index (χ2n) is 6.27. The number of benzene rings is 1. The van der Waals surface area contributed by atoms with Gasteiger partial charge in [-0.2, -0.15) is 0 Å². The van der Waals surface area contributed by atoms with E-state index < -0.39 is 11.9 Å². The molecule has 0 spiro atoms. The van der Waals surface area contributed by atoms with Crippen molar-refractivity contribution in [2.75, 3.05) is 32.1 Å². The number of hydrogen-bond donors (Lipinski definition) is 0. The van der Waals surface area contributed by atoms with Crippen LogP contribution in [0.1, 0.15) is 32.3 Å². The molecule has 1 aromatic carbocycles. The molecule has 152 valence electrons. The van der Waals surface area contributed by atoms with Gasteiger partial charge in [-0.1, -0.05) is 43.8 Å². The standard InChI is InChI=1S/C20H25NO6S/c1-4-25-19(23)11-18-21(17(22)13-28-18)9-10-26-20(24)12-27-16-8-6-5-7-15(16)14(2)3/h5-8,11,14H,4,9-10,12-13H2,1-3H3/b18-11-. The minimum Gasteiger partial charge on any atom is -0.482 e. The number of carbonyl (C=O) groups excluding carboxylic acids is 3. The van der Waals surface area contributed by atoms with E-state index in [-0.39, 0.29) is 43.9 Å². The van der Waals surface area contributed by atoms with E-state index in [9.17, 15) is 14.4 Å². The van der Waals surface area contributed by atoms with Gasteiger partial charge in [-0.05, 0) is 24.5 Å². The van der Waals surface area contributed by atoms with Gasteiger partial charge in [0.15, 0.2) is 6.61 Å². The summed E-state index contributed by atoms with van der Waals surface area (Å²) in [5.74, 6) is 0.0102.